The highest BCUT2D eigenvalue weighted by Crippen LogP contribution is 2.28. The first kappa shape index (κ1) is 11.3. The molecule has 88 valence electrons. The summed E-state index contributed by atoms with van der Waals surface area (Å²) in [7, 11) is 0. The SMILES string of the molecule is CCCC1CN(c2ccccc2O)CCO1. The lowest BCUT2D eigenvalue weighted by Crippen LogP contribution is -2.42. The number of benzene rings is 1. The van der Waals surface area contributed by atoms with Gasteiger partial charge in [0, 0.05) is 13.1 Å². The first-order valence-electron chi connectivity index (χ1n) is 5.96. The van der Waals surface area contributed by atoms with E-state index in [4.69, 9.17) is 4.74 Å². The first-order chi connectivity index (χ1) is 7.81. The number of rotatable bonds is 3. The Morgan fingerprint density at radius 2 is 2.25 bits per heavy atom. The van der Waals surface area contributed by atoms with Crippen molar-refractivity contribution in [1.82, 2.24) is 0 Å². The van der Waals surface area contributed by atoms with E-state index in [0.717, 1.165) is 38.2 Å². The van der Waals surface area contributed by atoms with E-state index >= 15 is 0 Å². The number of ether oxygens (including phenoxy) is 1. The molecule has 0 saturated carbocycles. The van der Waals surface area contributed by atoms with Crippen LogP contribution in [0, 0.1) is 0 Å². The van der Waals surface area contributed by atoms with Gasteiger partial charge in [0.25, 0.3) is 0 Å². The smallest absolute Gasteiger partial charge is 0.138 e. The van der Waals surface area contributed by atoms with E-state index in [-0.39, 0.29) is 0 Å². The van der Waals surface area contributed by atoms with Gasteiger partial charge < -0.3 is 14.7 Å². The molecule has 1 aromatic rings. The molecule has 0 bridgehead atoms. The Morgan fingerprint density at radius 1 is 1.44 bits per heavy atom. The van der Waals surface area contributed by atoms with Crippen molar-refractivity contribution in [2.75, 3.05) is 24.6 Å². The summed E-state index contributed by atoms with van der Waals surface area (Å²) in [4.78, 5) is 2.21. The zero-order valence-corrected chi connectivity index (χ0v) is 9.72. The van der Waals surface area contributed by atoms with E-state index in [1.807, 2.05) is 18.2 Å². The fourth-order valence-corrected chi connectivity index (χ4v) is 2.17. The van der Waals surface area contributed by atoms with E-state index < -0.39 is 0 Å². The number of hydrogen-bond acceptors (Lipinski definition) is 3. The maximum atomic E-state index is 9.80. The lowest BCUT2D eigenvalue weighted by atomic mass is 10.1. The second-order valence-electron chi connectivity index (χ2n) is 4.22. The Labute approximate surface area is 96.6 Å². The Balaban J connectivity index is 2.07. The van der Waals surface area contributed by atoms with Crippen molar-refractivity contribution in [3.05, 3.63) is 24.3 Å². The Hall–Kier alpha value is -1.22. The minimum absolute atomic E-state index is 0.304. The van der Waals surface area contributed by atoms with Crippen LogP contribution in [-0.4, -0.2) is 30.9 Å². The molecule has 1 atom stereocenters. The number of nitrogens with zero attached hydrogens (tertiary/aromatic N) is 1. The molecule has 1 fully saturated rings. The van der Waals surface area contributed by atoms with Gasteiger partial charge in [-0.1, -0.05) is 25.5 Å². The molecule has 0 radical (unpaired) electrons. The fourth-order valence-electron chi connectivity index (χ4n) is 2.17. The fraction of sp³-hybridized carbons (Fsp3) is 0.538. The number of morpholine rings is 1. The molecule has 0 aromatic heterocycles. The Kier molecular flexibility index (Phi) is 3.67. The van der Waals surface area contributed by atoms with E-state index in [0.29, 0.717) is 11.9 Å². The predicted octanol–water partition coefficient (Wildman–Crippen LogP) is 2.40. The van der Waals surface area contributed by atoms with Crippen molar-refractivity contribution in [2.24, 2.45) is 0 Å². The van der Waals surface area contributed by atoms with Crippen molar-refractivity contribution >= 4 is 5.69 Å². The highest BCUT2D eigenvalue weighted by molar-refractivity contribution is 5.57. The van der Waals surface area contributed by atoms with Crippen molar-refractivity contribution in [3.63, 3.8) is 0 Å². The summed E-state index contributed by atoms with van der Waals surface area (Å²) in [5.74, 6) is 0.361. The summed E-state index contributed by atoms with van der Waals surface area (Å²) in [6, 6.07) is 7.51. The molecule has 0 aliphatic carbocycles. The summed E-state index contributed by atoms with van der Waals surface area (Å²) in [5, 5.41) is 9.80. The van der Waals surface area contributed by atoms with Gasteiger partial charge >= 0.3 is 0 Å². The van der Waals surface area contributed by atoms with Crippen LogP contribution in [0.15, 0.2) is 24.3 Å². The van der Waals surface area contributed by atoms with Crippen LogP contribution in [0.1, 0.15) is 19.8 Å². The van der Waals surface area contributed by atoms with Crippen molar-refractivity contribution < 1.29 is 9.84 Å². The number of phenols is 1. The zero-order valence-electron chi connectivity index (χ0n) is 9.72. The summed E-state index contributed by atoms with van der Waals surface area (Å²) < 4.78 is 5.69. The molecule has 1 saturated heterocycles. The largest absolute Gasteiger partial charge is 0.506 e. The highest BCUT2D eigenvalue weighted by Gasteiger charge is 2.21. The third-order valence-electron chi connectivity index (χ3n) is 2.97. The van der Waals surface area contributed by atoms with E-state index in [1.54, 1.807) is 6.07 Å². The molecule has 1 heterocycles. The number of hydrogen-bond donors (Lipinski definition) is 1. The van der Waals surface area contributed by atoms with Crippen LogP contribution in [0.2, 0.25) is 0 Å². The number of phenolic OH excluding ortho intramolecular Hbond substituents is 1. The van der Waals surface area contributed by atoms with Gasteiger partial charge in [-0.2, -0.15) is 0 Å². The molecule has 1 aliphatic rings. The molecule has 1 N–H and O–H groups in total. The van der Waals surface area contributed by atoms with E-state index in [9.17, 15) is 5.11 Å². The summed E-state index contributed by atoms with van der Waals surface area (Å²) in [6.45, 7) is 4.66. The average Bonchev–Trinajstić information content (AvgIpc) is 2.30. The van der Waals surface area contributed by atoms with Gasteiger partial charge in [-0.15, -0.1) is 0 Å². The average molecular weight is 221 g/mol. The number of aromatic hydroxyl groups is 1. The molecule has 0 amide bonds. The van der Waals surface area contributed by atoms with Gasteiger partial charge in [0.1, 0.15) is 5.75 Å². The van der Waals surface area contributed by atoms with Crippen molar-refractivity contribution in [2.45, 2.75) is 25.9 Å². The van der Waals surface area contributed by atoms with Crippen molar-refractivity contribution in [1.29, 1.82) is 0 Å². The van der Waals surface area contributed by atoms with Gasteiger partial charge in [0.15, 0.2) is 0 Å². The second-order valence-corrected chi connectivity index (χ2v) is 4.22. The van der Waals surface area contributed by atoms with Crippen molar-refractivity contribution in [3.8, 4) is 5.75 Å². The topological polar surface area (TPSA) is 32.7 Å². The minimum atomic E-state index is 0.304. The normalized spacial score (nSPS) is 21.1. The monoisotopic (exact) mass is 221 g/mol. The maximum Gasteiger partial charge on any atom is 0.138 e. The maximum absolute atomic E-state index is 9.80. The predicted molar refractivity (Wildman–Crippen MR) is 65.0 cm³/mol. The van der Waals surface area contributed by atoms with Crippen LogP contribution >= 0.6 is 0 Å². The first-order valence-corrected chi connectivity index (χ1v) is 5.96. The number of para-hydroxylation sites is 2. The summed E-state index contributed by atoms with van der Waals surface area (Å²) in [6.07, 6.45) is 2.53. The number of anilines is 1. The molecular formula is C13H19NO2. The second kappa shape index (κ2) is 5.21. The molecular weight excluding hydrogens is 202 g/mol. The van der Waals surface area contributed by atoms with Crippen LogP contribution in [0.5, 0.6) is 5.75 Å². The van der Waals surface area contributed by atoms with Gasteiger partial charge in [-0.25, -0.2) is 0 Å². The Morgan fingerprint density at radius 3 is 3.00 bits per heavy atom. The molecule has 16 heavy (non-hydrogen) atoms. The third kappa shape index (κ3) is 2.47. The molecule has 3 nitrogen and oxygen atoms in total. The van der Waals surface area contributed by atoms with Crippen LogP contribution in [0.25, 0.3) is 0 Å². The lowest BCUT2D eigenvalue weighted by Gasteiger charge is -2.34. The lowest BCUT2D eigenvalue weighted by molar-refractivity contribution is 0.0347. The third-order valence-corrected chi connectivity index (χ3v) is 2.97. The van der Waals surface area contributed by atoms with Crippen LogP contribution in [0.3, 0.4) is 0 Å². The zero-order chi connectivity index (χ0) is 11.4. The van der Waals surface area contributed by atoms with Crippen LogP contribution in [0.4, 0.5) is 5.69 Å². The molecule has 1 aromatic carbocycles. The van der Waals surface area contributed by atoms with Gasteiger partial charge in [0.2, 0.25) is 0 Å². The molecule has 2 rings (SSSR count). The Bertz CT molecular complexity index is 338. The summed E-state index contributed by atoms with van der Waals surface area (Å²) >= 11 is 0. The van der Waals surface area contributed by atoms with Gasteiger partial charge in [-0.05, 0) is 18.6 Å². The van der Waals surface area contributed by atoms with Crippen LogP contribution in [-0.2, 0) is 4.74 Å². The van der Waals surface area contributed by atoms with E-state index in [1.165, 1.54) is 0 Å². The van der Waals surface area contributed by atoms with Crippen LogP contribution < -0.4 is 4.90 Å². The van der Waals surface area contributed by atoms with Gasteiger partial charge in [-0.3, -0.25) is 0 Å². The minimum Gasteiger partial charge on any atom is -0.506 e. The standard InChI is InChI=1S/C13H19NO2/c1-2-5-11-10-14(8-9-16-11)12-6-3-4-7-13(12)15/h3-4,6-7,11,15H,2,5,8-10H2,1H3. The molecule has 1 aliphatic heterocycles. The molecule has 3 heteroatoms. The summed E-state index contributed by atoms with van der Waals surface area (Å²) in [5.41, 5.74) is 0.923. The molecule has 0 spiro atoms. The quantitative estimate of drug-likeness (QED) is 0.850. The highest BCUT2D eigenvalue weighted by atomic mass is 16.5. The van der Waals surface area contributed by atoms with E-state index in [2.05, 4.69) is 11.8 Å². The molecule has 1 unspecified atom stereocenters. The van der Waals surface area contributed by atoms with Gasteiger partial charge in [0.05, 0.1) is 18.4 Å².